The molecule has 0 aromatic heterocycles. The Morgan fingerprint density at radius 3 is 2.67 bits per heavy atom. The maximum atomic E-state index is 11.6. The molecule has 2 atom stereocenters. The zero-order chi connectivity index (χ0) is 13.4. The summed E-state index contributed by atoms with van der Waals surface area (Å²) in [6.45, 7) is 2.26. The van der Waals surface area contributed by atoms with Crippen LogP contribution in [-0.4, -0.2) is 23.6 Å². The molecule has 0 aliphatic heterocycles. The second-order valence-corrected chi connectivity index (χ2v) is 4.42. The molecule has 0 bridgehead atoms. The molecule has 0 radical (unpaired) electrons. The molecular weight excluding hydrogens is 228 g/mol. The SMILES string of the molecule is CCCC[C@H](N)C(=O)NCC(O)c1ccccc1. The Labute approximate surface area is 108 Å². The molecule has 18 heavy (non-hydrogen) atoms. The van der Waals surface area contributed by atoms with Crippen LogP contribution in [0.3, 0.4) is 0 Å². The van der Waals surface area contributed by atoms with E-state index >= 15 is 0 Å². The summed E-state index contributed by atoms with van der Waals surface area (Å²) in [4.78, 5) is 11.6. The van der Waals surface area contributed by atoms with E-state index < -0.39 is 12.1 Å². The molecule has 4 N–H and O–H groups in total. The lowest BCUT2D eigenvalue weighted by Crippen LogP contribution is -2.42. The smallest absolute Gasteiger partial charge is 0.237 e. The monoisotopic (exact) mass is 250 g/mol. The van der Waals surface area contributed by atoms with Crippen molar-refractivity contribution in [2.24, 2.45) is 5.73 Å². The summed E-state index contributed by atoms with van der Waals surface area (Å²) >= 11 is 0. The third-order valence-electron chi connectivity index (χ3n) is 2.86. The summed E-state index contributed by atoms with van der Waals surface area (Å²) in [5.74, 6) is -0.196. The predicted molar refractivity (Wildman–Crippen MR) is 71.9 cm³/mol. The highest BCUT2D eigenvalue weighted by molar-refractivity contribution is 5.81. The van der Waals surface area contributed by atoms with Crippen molar-refractivity contribution in [2.45, 2.75) is 38.3 Å². The summed E-state index contributed by atoms with van der Waals surface area (Å²) in [7, 11) is 0. The Bertz CT molecular complexity index is 354. The van der Waals surface area contributed by atoms with E-state index in [9.17, 15) is 9.90 Å². The van der Waals surface area contributed by atoms with Gasteiger partial charge < -0.3 is 16.2 Å². The Hall–Kier alpha value is -1.39. The molecule has 1 unspecified atom stereocenters. The van der Waals surface area contributed by atoms with Crippen LogP contribution in [0.4, 0.5) is 0 Å². The molecule has 0 saturated carbocycles. The molecule has 0 spiro atoms. The second-order valence-electron chi connectivity index (χ2n) is 4.42. The Balaban J connectivity index is 2.34. The zero-order valence-corrected chi connectivity index (χ0v) is 10.8. The third kappa shape index (κ3) is 4.85. The Morgan fingerprint density at radius 2 is 2.06 bits per heavy atom. The summed E-state index contributed by atoms with van der Waals surface area (Å²) < 4.78 is 0. The van der Waals surface area contributed by atoms with Crippen molar-refractivity contribution in [1.82, 2.24) is 5.32 Å². The number of nitrogens with two attached hydrogens (primary N) is 1. The van der Waals surface area contributed by atoms with E-state index in [0.29, 0.717) is 6.42 Å². The second kappa shape index (κ2) is 7.84. The number of hydrogen-bond donors (Lipinski definition) is 3. The van der Waals surface area contributed by atoms with Gasteiger partial charge in [0.1, 0.15) is 0 Å². The van der Waals surface area contributed by atoms with Crippen LogP contribution >= 0.6 is 0 Å². The van der Waals surface area contributed by atoms with E-state index in [1.165, 1.54) is 0 Å². The van der Waals surface area contributed by atoms with Crippen LogP contribution in [0, 0.1) is 0 Å². The summed E-state index contributed by atoms with van der Waals surface area (Å²) in [6.07, 6.45) is 1.96. The fourth-order valence-electron chi connectivity index (χ4n) is 1.68. The molecule has 1 rings (SSSR count). The van der Waals surface area contributed by atoms with Gasteiger partial charge in [0.15, 0.2) is 0 Å². The van der Waals surface area contributed by atoms with Crippen molar-refractivity contribution in [3.8, 4) is 0 Å². The van der Waals surface area contributed by atoms with Gasteiger partial charge in [-0.3, -0.25) is 4.79 Å². The first-order chi connectivity index (χ1) is 8.65. The van der Waals surface area contributed by atoms with Crippen LogP contribution in [-0.2, 0) is 4.79 Å². The topological polar surface area (TPSA) is 75.4 Å². The number of carbonyl (C=O) groups is 1. The van der Waals surface area contributed by atoms with E-state index in [-0.39, 0.29) is 12.5 Å². The van der Waals surface area contributed by atoms with Crippen molar-refractivity contribution < 1.29 is 9.90 Å². The van der Waals surface area contributed by atoms with Gasteiger partial charge in [0.05, 0.1) is 12.1 Å². The van der Waals surface area contributed by atoms with Crippen LogP contribution in [0.5, 0.6) is 0 Å². The molecule has 0 saturated heterocycles. The van der Waals surface area contributed by atoms with Crippen molar-refractivity contribution in [3.05, 3.63) is 35.9 Å². The minimum Gasteiger partial charge on any atom is -0.387 e. The Morgan fingerprint density at radius 1 is 1.39 bits per heavy atom. The lowest BCUT2D eigenvalue weighted by Gasteiger charge is -2.15. The number of benzene rings is 1. The largest absolute Gasteiger partial charge is 0.387 e. The highest BCUT2D eigenvalue weighted by Gasteiger charge is 2.14. The molecule has 4 nitrogen and oxygen atoms in total. The first-order valence-corrected chi connectivity index (χ1v) is 6.41. The maximum Gasteiger partial charge on any atom is 0.237 e. The van der Waals surface area contributed by atoms with Gasteiger partial charge in [-0.05, 0) is 12.0 Å². The highest BCUT2D eigenvalue weighted by atomic mass is 16.3. The lowest BCUT2D eigenvalue weighted by atomic mass is 10.1. The first-order valence-electron chi connectivity index (χ1n) is 6.41. The number of carbonyl (C=O) groups excluding carboxylic acids is 1. The molecule has 1 aromatic carbocycles. The summed E-state index contributed by atoms with van der Waals surface area (Å²) in [6, 6.07) is 8.77. The predicted octanol–water partition coefficient (Wildman–Crippen LogP) is 1.35. The molecule has 4 heteroatoms. The van der Waals surface area contributed by atoms with Crippen molar-refractivity contribution in [2.75, 3.05) is 6.54 Å². The number of unbranched alkanes of at least 4 members (excludes halogenated alkanes) is 1. The van der Waals surface area contributed by atoms with E-state index in [1.54, 1.807) is 0 Å². The lowest BCUT2D eigenvalue weighted by molar-refractivity contribution is -0.123. The van der Waals surface area contributed by atoms with Crippen molar-refractivity contribution in [3.63, 3.8) is 0 Å². The van der Waals surface area contributed by atoms with Crippen LogP contribution in [0.25, 0.3) is 0 Å². The number of rotatable bonds is 7. The molecular formula is C14H22N2O2. The normalized spacial score (nSPS) is 13.9. The number of aliphatic hydroxyl groups is 1. The average Bonchev–Trinajstić information content (AvgIpc) is 2.42. The summed E-state index contributed by atoms with van der Waals surface area (Å²) in [5.41, 5.74) is 6.53. The third-order valence-corrected chi connectivity index (χ3v) is 2.86. The average molecular weight is 250 g/mol. The standard InChI is InChI=1S/C14H22N2O2/c1-2-3-9-12(15)14(18)16-10-13(17)11-7-5-4-6-8-11/h4-8,12-13,17H,2-3,9-10,15H2,1H3,(H,16,18)/t12-,13?/m0/s1. The van der Waals surface area contributed by atoms with Gasteiger partial charge in [0, 0.05) is 6.54 Å². The Kier molecular flexibility index (Phi) is 6.39. The number of nitrogens with one attached hydrogen (secondary N) is 1. The van der Waals surface area contributed by atoms with Crippen molar-refractivity contribution in [1.29, 1.82) is 0 Å². The molecule has 0 fully saturated rings. The number of hydrogen-bond acceptors (Lipinski definition) is 3. The van der Waals surface area contributed by atoms with Crippen LogP contribution < -0.4 is 11.1 Å². The molecule has 1 amide bonds. The van der Waals surface area contributed by atoms with E-state index in [2.05, 4.69) is 12.2 Å². The van der Waals surface area contributed by atoms with Gasteiger partial charge >= 0.3 is 0 Å². The first kappa shape index (κ1) is 14.7. The van der Waals surface area contributed by atoms with Crippen molar-refractivity contribution >= 4 is 5.91 Å². The van der Waals surface area contributed by atoms with Gasteiger partial charge in [-0.25, -0.2) is 0 Å². The molecule has 0 aliphatic rings. The molecule has 100 valence electrons. The minimum atomic E-state index is -0.687. The van der Waals surface area contributed by atoms with Crippen LogP contribution in [0.1, 0.15) is 37.9 Å². The zero-order valence-electron chi connectivity index (χ0n) is 10.8. The van der Waals surface area contributed by atoms with Gasteiger partial charge in [-0.1, -0.05) is 50.1 Å². The molecule has 0 heterocycles. The van der Waals surface area contributed by atoms with Gasteiger partial charge in [-0.15, -0.1) is 0 Å². The van der Waals surface area contributed by atoms with Gasteiger partial charge in [-0.2, -0.15) is 0 Å². The van der Waals surface area contributed by atoms with Gasteiger partial charge in [0.2, 0.25) is 5.91 Å². The molecule has 1 aromatic rings. The van der Waals surface area contributed by atoms with E-state index in [0.717, 1.165) is 18.4 Å². The quantitative estimate of drug-likeness (QED) is 0.684. The number of amides is 1. The summed E-state index contributed by atoms with van der Waals surface area (Å²) in [5, 5.41) is 12.5. The van der Waals surface area contributed by atoms with Gasteiger partial charge in [0.25, 0.3) is 0 Å². The highest BCUT2D eigenvalue weighted by Crippen LogP contribution is 2.10. The van der Waals surface area contributed by atoms with E-state index in [1.807, 2.05) is 30.3 Å². The maximum absolute atomic E-state index is 11.6. The van der Waals surface area contributed by atoms with E-state index in [4.69, 9.17) is 5.73 Å². The molecule has 0 aliphatic carbocycles. The van der Waals surface area contributed by atoms with Crippen LogP contribution in [0.15, 0.2) is 30.3 Å². The number of aliphatic hydroxyl groups excluding tert-OH is 1. The fourth-order valence-corrected chi connectivity index (χ4v) is 1.68. The van der Waals surface area contributed by atoms with Crippen LogP contribution in [0.2, 0.25) is 0 Å². The minimum absolute atomic E-state index is 0.196. The fraction of sp³-hybridized carbons (Fsp3) is 0.500.